The van der Waals surface area contributed by atoms with Crippen LogP contribution in [0.2, 0.25) is 0 Å². The molecule has 18 heavy (non-hydrogen) atoms. The minimum atomic E-state index is -0.530. The van der Waals surface area contributed by atoms with Crippen molar-refractivity contribution in [2.75, 3.05) is 19.8 Å². The first-order chi connectivity index (χ1) is 8.58. The predicted octanol–water partition coefficient (Wildman–Crippen LogP) is 1.95. The third-order valence-electron chi connectivity index (χ3n) is 2.36. The van der Waals surface area contributed by atoms with Crippen LogP contribution in [0.5, 0.6) is 0 Å². The van der Waals surface area contributed by atoms with Crippen molar-refractivity contribution in [3.63, 3.8) is 0 Å². The molecule has 1 unspecified atom stereocenters. The highest BCUT2D eigenvalue weighted by molar-refractivity contribution is 5.15. The van der Waals surface area contributed by atoms with Crippen molar-refractivity contribution >= 4 is 0 Å². The van der Waals surface area contributed by atoms with Crippen molar-refractivity contribution in [1.29, 1.82) is 0 Å². The zero-order chi connectivity index (χ0) is 13.4. The fourth-order valence-corrected chi connectivity index (χ4v) is 1.53. The van der Waals surface area contributed by atoms with Crippen molar-refractivity contribution in [1.82, 2.24) is 5.32 Å². The summed E-state index contributed by atoms with van der Waals surface area (Å²) < 4.78 is 18.2. The van der Waals surface area contributed by atoms with E-state index < -0.39 is 6.10 Å². The number of hydrogen-bond acceptors (Lipinski definition) is 3. The standard InChI is InChI=1S/C14H22FNO2/c1-11(2)9-18-10-14(17)8-16-7-12-4-3-5-13(15)6-12/h3-6,11,14,16-17H,7-10H2,1-2H3. The zero-order valence-corrected chi connectivity index (χ0v) is 11.0. The van der Waals surface area contributed by atoms with Gasteiger partial charge in [-0.25, -0.2) is 4.39 Å². The van der Waals surface area contributed by atoms with Crippen molar-refractivity contribution in [3.05, 3.63) is 35.6 Å². The van der Waals surface area contributed by atoms with Gasteiger partial charge in [-0.15, -0.1) is 0 Å². The number of halogens is 1. The number of nitrogens with one attached hydrogen (secondary N) is 1. The smallest absolute Gasteiger partial charge is 0.123 e. The summed E-state index contributed by atoms with van der Waals surface area (Å²) in [5, 5.41) is 12.7. The molecule has 0 aliphatic rings. The Morgan fingerprint density at radius 1 is 1.33 bits per heavy atom. The molecule has 0 heterocycles. The van der Waals surface area contributed by atoms with Gasteiger partial charge in [0.1, 0.15) is 5.82 Å². The van der Waals surface area contributed by atoms with Crippen molar-refractivity contribution in [2.45, 2.75) is 26.5 Å². The van der Waals surface area contributed by atoms with Gasteiger partial charge in [-0.3, -0.25) is 0 Å². The number of hydrogen-bond donors (Lipinski definition) is 2. The summed E-state index contributed by atoms with van der Waals surface area (Å²) in [6.45, 7) is 6.09. The summed E-state index contributed by atoms with van der Waals surface area (Å²) in [6, 6.07) is 6.42. The quantitative estimate of drug-likeness (QED) is 0.746. The number of ether oxygens (including phenoxy) is 1. The van der Waals surface area contributed by atoms with Gasteiger partial charge in [-0.1, -0.05) is 26.0 Å². The van der Waals surface area contributed by atoms with E-state index in [2.05, 4.69) is 19.2 Å². The van der Waals surface area contributed by atoms with Gasteiger partial charge in [0.2, 0.25) is 0 Å². The van der Waals surface area contributed by atoms with Crippen LogP contribution in [0.4, 0.5) is 4.39 Å². The van der Waals surface area contributed by atoms with Gasteiger partial charge in [0, 0.05) is 19.7 Å². The molecule has 0 saturated carbocycles. The Labute approximate surface area is 108 Å². The average molecular weight is 255 g/mol. The van der Waals surface area contributed by atoms with Gasteiger partial charge in [-0.05, 0) is 23.6 Å². The summed E-state index contributed by atoms with van der Waals surface area (Å²) in [6.07, 6.45) is -0.530. The highest BCUT2D eigenvalue weighted by atomic mass is 19.1. The van der Waals surface area contributed by atoms with Gasteiger partial charge in [0.15, 0.2) is 0 Å². The fraction of sp³-hybridized carbons (Fsp3) is 0.571. The SMILES string of the molecule is CC(C)COCC(O)CNCc1cccc(F)c1. The molecular weight excluding hydrogens is 233 g/mol. The monoisotopic (exact) mass is 255 g/mol. The molecule has 4 heteroatoms. The lowest BCUT2D eigenvalue weighted by molar-refractivity contribution is 0.0260. The fourth-order valence-electron chi connectivity index (χ4n) is 1.53. The summed E-state index contributed by atoms with van der Waals surface area (Å²) in [4.78, 5) is 0. The van der Waals surface area contributed by atoms with E-state index in [1.807, 2.05) is 6.07 Å². The number of benzene rings is 1. The number of aliphatic hydroxyl groups excluding tert-OH is 1. The largest absolute Gasteiger partial charge is 0.389 e. The molecule has 1 atom stereocenters. The Morgan fingerprint density at radius 2 is 2.11 bits per heavy atom. The molecule has 1 aromatic rings. The molecule has 0 aliphatic carbocycles. The second-order valence-electron chi connectivity index (χ2n) is 4.85. The van der Waals surface area contributed by atoms with Gasteiger partial charge in [-0.2, -0.15) is 0 Å². The number of rotatable bonds is 8. The third kappa shape index (κ3) is 6.69. The van der Waals surface area contributed by atoms with E-state index in [0.717, 1.165) is 5.56 Å². The first-order valence-corrected chi connectivity index (χ1v) is 6.29. The van der Waals surface area contributed by atoms with Crippen LogP contribution in [0.3, 0.4) is 0 Å². The van der Waals surface area contributed by atoms with E-state index in [0.29, 0.717) is 32.2 Å². The van der Waals surface area contributed by atoms with Crippen LogP contribution in [-0.4, -0.2) is 31.0 Å². The lowest BCUT2D eigenvalue weighted by atomic mass is 10.2. The summed E-state index contributed by atoms with van der Waals surface area (Å²) >= 11 is 0. The van der Waals surface area contributed by atoms with Gasteiger partial charge in [0.25, 0.3) is 0 Å². The third-order valence-corrected chi connectivity index (χ3v) is 2.36. The van der Waals surface area contributed by atoms with E-state index >= 15 is 0 Å². The van der Waals surface area contributed by atoms with Crippen LogP contribution >= 0.6 is 0 Å². The Bertz CT molecular complexity index is 344. The van der Waals surface area contributed by atoms with E-state index in [1.54, 1.807) is 6.07 Å². The van der Waals surface area contributed by atoms with Gasteiger partial charge < -0.3 is 15.2 Å². The average Bonchev–Trinajstić information content (AvgIpc) is 2.28. The molecule has 2 N–H and O–H groups in total. The molecule has 0 fully saturated rings. The van der Waals surface area contributed by atoms with Crippen molar-refractivity contribution in [3.8, 4) is 0 Å². The number of aliphatic hydroxyl groups is 1. The van der Waals surface area contributed by atoms with Crippen LogP contribution in [-0.2, 0) is 11.3 Å². The Kier molecular flexibility index (Phi) is 6.86. The van der Waals surface area contributed by atoms with E-state index in [4.69, 9.17) is 4.74 Å². The van der Waals surface area contributed by atoms with E-state index in [1.165, 1.54) is 12.1 Å². The molecule has 0 amide bonds. The zero-order valence-electron chi connectivity index (χ0n) is 11.0. The Balaban J connectivity index is 2.13. The van der Waals surface area contributed by atoms with Crippen LogP contribution in [0.15, 0.2) is 24.3 Å². The molecule has 0 aromatic heterocycles. The summed E-state index contributed by atoms with van der Waals surface area (Å²) in [5.41, 5.74) is 0.866. The lowest BCUT2D eigenvalue weighted by Crippen LogP contribution is -2.30. The van der Waals surface area contributed by atoms with Crippen LogP contribution < -0.4 is 5.32 Å². The van der Waals surface area contributed by atoms with E-state index in [-0.39, 0.29) is 5.82 Å². The Hall–Kier alpha value is -0.970. The molecule has 0 bridgehead atoms. The maximum atomic E-state index is 12.9. The predicted molar refractivity (Wildman–Crippen MR) is 69.8 cm³/mol. The minimum absolute atomic E-state index is 0.241. The highest BCUT2D eigenvalue weighted by Crippen LogP contribution is 2.02. The molecule has 0 spiro atoms. The van der Waals surface area contributed by atoms with Crippen LogP contribution in [0, 0.1) is 11.7 Å². The molecule has 3 nitrogen and oxygen atoms in total. The molecule has 102 valence electrons. The van der Waals surface area contributed by atoms with E-state index in [9.17, 15) is 9.50 Å². The van der Waals surface area contributed by atoms with Crippen molar-refractivity contribution in [2.24, 2.45) is 5.92 Å². The molecular formula is C14H22FNO2. The molecule has 0 saturated heterocycles. The van der Waals surface area contributed by atoms with Crippen LogP contribution in [0.1, 0.15) is 19.4 Å². The van der Waals surface area contributed by atoms with Crippen LogP contribution in [0.25, 0.3) is 0 Å². The maximum absolute atomic E-state index is 12.9. The summed E-state index contributed by atoms with van der Waals surface area (Å²) in [7, 11) is 0. The van der Waals surface area contributed by atoms with Gasteiger partial charge >= 0.3 is 0 Å². The first kappa shape index (κ1) is 15.1. The topological polar surface area (TPSA) is 41.5 Å². The van der Waals surface area contributed by atoms with Gasteiger partial charge in [0.05, 0.1) is 12.7 Å². The highest BCUT2D eigenvalue weighted by Gasteiger charge is 2.04. The second kappa shape index (κ2) is 8.19. The second-order valence-corrected chi connectivity index (χ2v) is 4.85. The van der Waals surface area contributed by atoms with Crippen molar-refractivity contribution < 1.29 is 14.2 Å². The molecule has 1 aromatic carbocycles. The lowest BCUT2D eigenvalue weighted by Gasteiger charge is -2.13. The molecule has 1 rings (SSSR count). The summed E-state index contributed by atoms with van der Waals surface area (Å²) in [5.74, 6) is 0.229. The minimum Gasteiger partial charge on any atom is -0.389 e. The molecule has 0 radical (unpaired) electrons. The molecule has 0 aliphatic heterocycles. The maximum Gasteiger partial charge on any atom is 0.123 e. The Morgan fingerprint density at radius 3 is 2.78 bits per heavy atom. The first-order valence-electron chi connectivity index (χ1n) is 6.29. The normalized spacial score (nSPS) is 12.9.